The van der Waals surface area contributed by atoms with Crippen molar-refractivity contribution >= 4 is 19.2 Å². The maximum atomic E-state index is 2.25. The molecule has 88 valence electrons. The Morgan fingerprint density at radius 2 is 1.00 bits per heavy atom. The summed E-state index contributed by atoms with van der Waals surface area (Å²) in [7, 11) is 0.772. The van der Waals surface area contributed by atoms with Gasteiger partial charge in [0.05, 0.1) is 0 Å². The van der Waals surface area contributed by atoms with Crippen molar-refractivity contribution < 1.29 is 0 Å². The molecule has 2 aromatic carbocycles. The monoisotopic (exact) mass is 242 g/mol. The van der Waals surface area contributed by atoms with Gasteiger partial charge in [-0.15, -0.1) is 0 Å². The van der Waals surface area contributed by atoms with Crippen LogP contribution >= 0.6 is 8.58 Å². The Balaban J connectivity index is 2.08. The van der Waals surface area contributed by atoms with Gasteiger partial charge in [0.25, 0.3) is 0 Å². The van der Waals surface area contributed by atoms with Crippen LogP contribution in [0.3, 0.4) is 0 Å². The largest absolute Gasteiger partial charge is 0.0613 e. The van der Waals surface area contributed by atoms with Crippen LogP contribution in [0.25, 0.3) is 0 Å². The van der Waals surface area contributed by atoms with Gasteiger partial charge in [0.2, 0.25) is 0 Å². The predicted octanol–water partition coefficient (Wildman–Crippen LogP) is 3.44. The summed E-state index contributed by atoms with van der Waals surface area (Å²) in [5.74, 6) is 0. The van der Waals surface area contributed by atoms with Crippen molar-refractivity contribution in [3.05, 3.63) is 59.7 Å². The maximum absolute atomic E-state index is 2.25. The second-order valence-corrected chi connectivity index (χ2v) is 5.63. The van der Waals surface area contributed by atoms with E-state index in [2.05, 4.69) is 62.4 Å². The minimum Gasteiger partial charge on any atom is -0.0613 e. The predicted molar refractivity (Wildman–Crippen MR) is 79.2 cm³/mol. The van der Waals surface area contributed by atoms with Crippen LogP contribution in [0.1, 0.15) is 25.0 Å². The Morgan fingerprint density at radius 3 is 1.29 bits per heavy atom. The maximum Gasteiger partial charge on any atom is -0.0226 e. The summed E-state index contributed by atoms with van der Waals surface area (Å²) < 4.78 is 0. The van der Waals surface area contributed by atoms with Crippen molar-refractivity contribution in [1.29, 1.82) is 0 Å². The van der Waals surface area contributed by atoms with E-state index < -0.39 is 0 Å². The molecular weight excluding hydrogens is 223 g/mol. The number of aryl methyl sites for hydroxylation is 2. The number of hydrogen-bond acceptors (Lipinski definition) is 0. The molecule has 0 heterocycles. The normalized spacial score (nSPS) is 10.5. The Bertz CT molecular complexity index is 408. The fourth-order valence-electron chi connectivity index (χ4n) is 1.81. The van der Waals surface area contributed by atoms with Crippen molar-refractivity contribution in [3.63, 3.8) is 0 Å². The molecule has 0 atom stereocenters. The van der Waals surface area contributed by atoms with Gasteiger partial charge in [-0.2, -0.15) is 0 Å². The first kappa shape index (κ1) is 12.3. The fraction of sp³-hybridized carbons (Fsp3) is 0.250. The average Bonchev–Trinajstić information content (AvgIpc) is 2.40. The minimum atomic E-state index is 0.772. The summed E-state index contributed by atoms with van der Waals surface area (Å²) >= 11 is 0. The molecule has 0 aliphatic rings. The first-order valence-electron chi connectivity index (χ1n) is 6.26. The van der Waals surface area contributed by atoms with Gasteiger partial charge in [0, 0.05) is 0 Å². The Morgan fingerprint density at radius 1 is 0.647 bits per heavy atom. The summed E-state index contributed by atoms with van der Waals surface area (Å²) in [6, 6.07) is 18.0. The molecule has 0 N–H and O–H groups in total. The Labute approximate surface area is 106 Å². The third kappa shape index (κ3) is 3.41. The van der Waals surface area contributed by atoms with Gasteiger partial charge in [0.1, 0.15) is 0 Å². The molecule has 0 unspecified atom stereocenters. The molecular formula is C16H19P. The lowest BCUT2D eigenvalue weighted by atomic mass is 10.2. The van der Waals surface area contributed by atoms with E-state index in [-0.39, 0.29) is 0 Å². The topological polar surface area (TPSA) is 0 Å². The molecule has 0 amide bonds. The molecule has 0 aliphatic heterocycles. The van der Waals surface area contributed by atoms with Crippen molar-refractivity contribution in [3.8, 4) is 0 Å². The molecule has 2 aromatic rings. The van der Waals surface area contributed by atoms with Gasteiger partial charge in [0.15, 0.2) is 0 Å². The molecule has 0 aliphatic carbocycles. The summed E-state index contributed by atoms with van der Waals surface area (Å²) in [5.41, 5.74) is 2.83. The van der Waals surface area contributed by atoms with Crippen LogP contribution in [-0.2, 0) is 12.8 Å². The fourth-order valence-corrected chi connectivity index (χ4v) is 2.81. The van der Waals surface area contributed by atoms with Gasteiger partial charge in [-0.05, 0) is 34.6 Å². The molecule has 17 heavy (non-hydrogen) atoms. The molecule has 0 spiro atoms. The number of hydrogen-bond donors (Lipinski definition) is 0. The van der Waals surface area contributed by atoms with Crippen LogP contribution in [0.5, 0.6) is 0 Å². The highest BCUT2D eigenvalue weighted by Crippen LogP contribution is 2.12. The van der Waals surface area contributed by atoms with Gasteiger partial charge in [-0.25, -0.2) is 0 Å². The lowest BCUT2D eigenvalue weighted by Gasteiger charge is -2.04. The van der Waals surface area contributed by atoms with E-state index in [1.807, 2.05) is 0 Å². The minimum absolute atomic E-state index is 0.772. The molecule has 1 heteroatoms. The Kier molecular flexibility index (Phi) is 4.34. The van der Waals surface area contributed by atoms with Gasteiger partial charge >= 0.3 is 0 Å². The van der Waals surface area contributed by atoms with E-state index in [1.165, 1.54) is 21.7 Å². The highest BCUT2D eigenvalue weighted by Gasteiger charge is 1.97. The summed E-state index contributed by atoms with van der Waals surface area (Å²) in [6.07, 6.45) is 2.24. The van der Waals surface area contributed by atoms with Crippen LogP contribution in [0.2, 0.25) is 0 Å². The smallest absolute Gasteiger partial charge is 0.0226 e. The zero-order chi connectivity index (χ0) is 12.1. The van der Waals surface area contributed by atoms with Gasteiger partial charge in [-0.3, -0.25) is 0 Å². The van der Waals surface area contributed by atoms with E-state index in [9.17, 15) is 0 Å². The van der Waals surface area contributed by atoms with Gasteiger partial charge < -0.3 is 0 Å². The lowest BCUT2D eigenvalue weighted by molar-refractivity contribution is 1.14. The SMILES string of the molecule is CCc1ccc(Pc2ccc(CC)cc2)cc1. The van der Waals surface area contributed by atoms with E-state index in [0.717, 1.165) is 21.4 Å². The highest BCUT2D eigenvalue weighted by atomic mass is 31.1. The van der Waals surface area contributed by atoms with Crippen LogP contribution in [0.4, 0.5) is 0 Å². The van der Waals surface area contributed by atoms with Crippen molar-refractivity contribution in [1.82, 2.24) is 0 Å². The molecule has 0 radical (unpaired) electrons. The van der Waals surface area contributed by atoms with E-state index in [1.54, 1.807) is 0 Å². The van der Waals surface area contributed by atoms with Crippen molar-refractivity contribution in [2.75, 3.05) is 0 Å². The Hall–Kier alpha value is -1.13. The molecule has 0 nitrogen and oxygen atoms in total. The van der Waals surface area contributed by atoms with Crippen LogP contribution in [0.15, 0.2) is 48.5 Å². The third-order valence-corrected chi connectivity index (χ3v) is 4.26. The zero-order valence-electron chi connectivity index (χ0n) is 10.5. The van der Waals surface area contributed by atoms with Gasteiger partial charge in [-0.1, -0.05) is 71.0 Å². The number of benzene rings is 2. The first-order chi connectivity index (χ1) is 8.31. The van der Waals surface area contributed by atoms with Crippen LogP contribution < -0.4 is 10.6 Å². The first-order valence-corrected chi connectivity index (χ1v) is 7.26. The third-order valence-electron chi connectivity index (χ3n) is 3.01. The van der Waals surface area contributed by atoms with E-state index in [0.29, 0.717) is 0 Å². The average molecular weight is 242 g/mol. The zero-order valence-corrected chi connectivity index (χ0v) is 11.5. The second-order valence-electron chi connectivity index (χ2n) is 4.23. The standard InChI is InChI=1S/C16H19P/c1-3-13-5-9-15(10-6-13)17-16-11-7-14(4-2)8-12-16/h5-12,17H,3-4H2,1-2H3. The molecule has 0 fully saturated rings. The molecule has 0 bridgehead atoms. The molecule has 0 aromatic heterocycles. The summed E-state index contributed by atoms with van der Waals surface area (Å²) in [6.45, 7) is 4.39. The summed E-state index contributed by atoms with van der Waals surface area (Å²) in [4.78, 5) is 0. The highest BCUT2D eigenvalue weighted by molar-refractivity contribution is 7.55. The second kappa shape index (κ2) is 5.98. The summed E-state index contributed by atoms with van der Waals surface area (Å²) in [5, 5.41) is 2.85. The van der Waals surface area contributed by atoms with Crippen molar-refractivity contribution in [2.45, 2.75) is 26.7 Å². The molecule has 2 rings (SSSR count). The lowest BCUT2D eigenvalue weighted by Crippen LogP contribution is -2.03. The van der Waals surface area contributed by atoms with Crippen LogP contribution in [-0.4, -0.2) is 0 Å². The van der Waals surface area contributed by atoms with Crippen molar-refractivity contribution in [2.24, 2.45) is 0 Å². The quantitative estimate of drug-likeness (QED) is 0.720. The molecule has 0 saturated heterocycles. The van der Waals surface area contributed by atoms with E-state index in [4.69, 9.17) is 0 Å². The number of rotatable bonds is 4. The van der Waals surface area contributed by atoms with E-state index >= 15 is 0 Å². The van der Waals surface area contributed by atoms with Crippen LogP contribution in [0, 0.1) is 0 Å². The molecule has 0 saturated carbocycles.